The number of nitrogens with zero attached hydrogens (tertiary/aromatic N) is 1. The van der Waals surface area contributed by atoms with Gasteiger partial charge in [-0.25, -0.2) is 0 Å². The van der Waals surface area contributed by atoms with Crippen LogP contribution in [0, 0.1) is 5.92 Å². The third-order valence-electron chi connectivity index (χ3n) is 9.69. The van der Waals surface area contributed by atoms with Gasteiger partial charge in [0, 0.05) is 29.4 Å². The lowest BCUT2D eigenvalue weighted by molar-refractivity contribution is -0.138. The summed E-state index contributed by atoms with van der Waals surface area (Å²) in [6, 6.07) is 8.84. The normalized spacial score (nSPS) is 26.4. The number of carbonyl (C=O) groups excluding carboxylic acids is 1. The summed E-state index contributed by atoms with van der Waals surface area (Å²) in [6.45, 7) is 6.79. The number of hydrogen-bond acceptors (Lipinski definition) is 3. The van der Waals surface area contributed by atoms with Crippen molar-refractivity contribution < 1.29 is 22.7 Å². The summed E-state index contributed by atoms with van der Waals surface area (Å²) in [4.78, 5) is 15.3. The summed E-state index contributed by atoms with van der Waals surface area (Å²) in [7, 11) is 0. The molecule has 3 saturated carbocycles. The van der Waals surface area contributed by atoms with E-state index in [1.165, 1.54) is 11.0 Å². The minimum atomic E-state index is -4.54. The highest BCUT2D eigenvalue weighted by Crippen LogP contribution is 2.49. The second kappa shape index (κ2) is 9.53. The molecule has 0 spiro atoms. The molecule has 0 aromatic heterocycles. The molecule has 3 fully saturated rings. The Hall–Kier alpha value is -2.54. The molecule has 4 nitrogen and oxygen atoms in total. The van der Waals surface area contributed by atoms with Crippen LogP contribution in [0.2, 0.25) is 0 Å². The van der Waals surface area contributed by atoms with Crippen molar-refractivity contribution in [1.82, 2.24) is 5.32 Å². The zero-order valence-corrected chi connectivity index (χ0v) is 23.2. The zero-order chi connectivity index (χ0) is 27.6. The molecule has 1 aliphatic heterocycles. The van der Waals surface area contributed by atoms with E-state index in [0.29, 0.717) is 29.5 Å². The van der Waals surface area contributed by atoms with Crippen molar-refractivity contribution in [2.24, 2.45) is 5.92 Å². The third-order valence-corrected chi connectivity index (χ3v) is 9.69. The van der Waals surface area contributed by atoms with Crippen LogP contribution in [0.3, 0.4) is 0 Å². The van der Waals surface area contributed by atoms with E-state index in [-0.39, 0.29) is 40.6 Å². The number of hydrogen-bond donors (Lipinski definition) is 1. The molecular weight excluding hydrogens is 501 g/mol. The predicted molar refractivity (Wildman–Crippen MR) is 146 cm³/mol. The zero-order valence-electron chi connectivity index (χ0n) is 23.2. The smallest absolute Gasteiger partial charge is 0.416 e. The van der Waals surface area contributed by atoms with Crippen molar-refractivity contribution in [1.29, 1.82) is 0 Å². The van der Waals surface area contributed by atoms with E-state index in [1.54, 1.807) is 6.07 Å². The number of amides is 1. The topological polar surface area (TPSA) is 41.6 Å². The summed E-state index contributed by atoms with van der Waals surface area (Å²) in [5.41, 5.74) is 1.68. The van der Waals surface area contributed by atoms with Crippen molar-refractivity contribution in [3.8, 4) is 5.75 Å². The average Bonchev–Trinajstić information content (AvgIpc) is 3.47. The number of anilines is 1. The molecule has 0 saturated heterocycles. The SMILES string of the molecule is CC1CC(C)(c2cc(OC3CCCC3)cc(N3Cc4c(cc(CNC5(C)CCC5)cc4C(F)(F)F)C3=O)c2)C1. The molecule has 3 aliphatic carbocycles. The fourth-order valence-corrected chi connectivity index (χ4v) is 7.30. The highest BCUT2D eigenvalue weighted by molar-refractivity contribution is 6.10. The van der Waals surface area contributed by atoms with Crippen molar-refractivity contribution in [3.63, 3.8) is 0 Å². The predicted octanol–water partition coefficient (Wildman–Crippen LogP) is 7.91. The van der Waals surface area contributed by atoms with Crippen LogP contribution in [0.1, 0.15) is 111 Å². The maximum atomic E-state index is 14.3. The first-order valence-electron chi connectivity index (χ1n) is 14.5. The minimum absolute atomic E-state index is 0.0214. The van der Waals surface area contributed by atoms with E-state index in [9.17, 15) is 18.0 Å². The van der Waals surface area contributed by atoms with E-state index in [0.717, 1.165) is 63.4 Å². The Morgan fingerprint density at radius 3 is 2.36 bits per heavy atom. The molecule has 2 aromatic carbocycles. The van der Waals surface area contributed by atoms with Gasteiger partial charge in [-0.3, -0.25) is 4.79 Å². The van der Waals surface area contributed by atoms with Gasteiger partial charge in [0.15, 0.2) is 0 Å². The first-order chi connectivity index (χ1) is 18.4. The van der Waals surface area contributed by atoms with E-state index in [4.69, 9.17) is 4.74 Å². The lowest BCUT2D eigenvalue weighted by atomic mass is 9.60. The van der Waals surface area contributed by atoms with Gasteiger partial charge < -0.3 is 15.0 Å². The average molecular weight is 541 g/mol. The molecule has 1 N–H and O–H groups in total. The number of alkyl halides is 3. The van der Waals surface area contributed by atoms with E-state index >= 15 is 0 Å². The van der Waals surface area contributed by atoms with Crippen LogP contribution in [-0.2, 0) is 24.7 Å². The van der Waals surface area contributed by atoms with Gasteiger partial charge >= 0.3 is 6.18 Å². The molecule has 39 heavy (non-hydrogen) atoms. The van der Waals surface area contributed by atoms with Crippen LogP contribution in [0.15, 0.2) is 30.3 Å². The first kappa shape index (κ1) is 26.7. The van der Waals surface area contributed by atoms with Crippen molar-refractivity contribution >= 4 is 11.6 Å². The molecule has 0 radical (unpaired) electrons. The van der Waals surface area contributed by atoms with Crippen LogP contribution in [-0.4, -0.2) is 17.6 Å². The highest BCUT2D eigenvalue weighted by atomic mass is 19.4. The Morgan fingerprint density at radius 2 is 1.74 bits per heavy atom. The molecule has 4 aliphatic rings. The Morgan fingerprint density at radius 1 is 1.03 bits per heavy atom. The Kier molecular flexibility index (Phi) is 6.52. The molecule has 1 heterocycles. The summed E-state index contributed by atoms with van der Waals surface area (Å²) in [5.74, 6) is 0.969. The number of nitrogens with one attached hydrogen (secondary N) is 1. The molecule has 0 unspecified atom stereocenters. The van der Waals surface area contributed by atoms with Crippen LogP contribution in [0.5, 0.6) is 5.75 Å². The lowest BCUT2D eigenvalue weighted by Gasteiger charge is -2.44. The molecule has 0 atom stereocenters. The second-order valence-electron chi connectivity index (χ2n) is 13.1. The van der Waals surface area contributed by atoms with Gasteiger partial charge in [0.25, 0.3) is 5.91 Å². The van der Waals surface area contributed by atoms with Gasteiger partial charge in [-0.2, -0.15) is 13.2 Å². The highest BCUT2D eigenvalue weighted by Gasteiger charge is 2.43. The maximum absolute atomic E-state index is 14.3. The number of benzene rings is 2. The summed E-state index contributed by atoms with van der Waals surface area (Å²) in [6.07, 6.45) is 5.14. The van der Waals surface area contributed by atoms with Crippen LogP contribution in [0.25, 0.3) is 0 Å². The largest absolute Gasteiger partial charge is 0.490 e. The minimum Gasteiger partial charge on any atom is -0.490 e. The summed E-state index contributed by atoms with van der Waals surface area (Å²) < 4.78 is 49.2. The van der Waals surface area contributed by atoms with Gasteiger partial charge in [-0.15, -0.1) is 0 Å². The standard InChI is InChI=1S/C32H39F3N2O2/c1-20-16-30(2,17-20)22-13-23(15-25(14-22)39-24-7-4-5-8-24)37-19-27-26(29(37)38)11-21(12-28(27)32(33,34)35)18-36-31(3)9-6-10-31/h11-15,20,24,36H,4-10,16-19H2,1-3H3. The Bertz CT molecular complexity index is 1270. The molecular formula is C32H39F3N2O2. The van der Waals surface area contributed by atoms with Gasteiger partial charge in [-0.05, 0) is 117 Å². The first-order valence-corrected chi connectivity index (χ1v) is 14.5. The molecule has 6 rings (SSSR count). The molecule has 210 valence electrons. The molecule has 0 bridgehead atoms. The van der Waals surface area contributed by atoms with E-state index < -0.39 is 11.7 Å². The fourth-order valence-electron chi connectivity index (χ4n) is 7.30. The second-order valence-corrected chi connectivity index (χ2v) is 13.1. The lowest BCUT2D eigenvalue weighted by Crippen LogP contribution is -2.47. The number of rotatable bonds is 7. The van der Waals surface area contributed by atoms with E-state index in [1.807, 2.05) is 12.1 Å². The summed E-state index contributed by atoms with van der Waals surface area (Å²) >= 11 is 0. The molecule has 1 amide bonds. The van der Waals surface area contributed by atoms with Crippen molar-refractivity contribution in [2.75, 3.05) is 4.90 Å². The van der Waals surface area contributed by atoms with Crippen LogP contribution < -0.4 is 15.0 Å². The van der Waals surface area contributed by atoms with Gasteiger partial charge in [0.2, 0.25) is 0 Å². The summed E-state index contributed by atoms with van der Waals surface area (Å²) in [5, 5.41) is 3.41. The van der Waals surface area contributed by atoms with Crippen LogP contribution in [0.4, 0.5) is 18.9 Å². The number of halogens is 3. The van der Waals surface area contributed by atoms with Gasteiger partial charge in [-0.1, -0.05) is 13.8 Å². The maximum Gasteiger partial charge on any atom is 0.416 e. The van der Waals surface area contributed by atoms with Crippen molar-refractivity contribution in [3.05, 3.63) is 58.1 Å². The quantitative estimate of drug-likeness (QED) is 0.388. The van der Waals surface area contributed by atoms with Crippen LogP contribution >= 0.6 is 0 Å². The Labute approximate surface area is 229 Å². The molecule has 7 heteroatoms. The van der Waals surface area contributed by atoms with Gasteiger partial charge in [0.1, 0.15) is 5.75 Å². The monoisotopic (exact) mass is 540 g/mol. The fraction of sp³-hybridized carbons (Fsp3) is 0.594. The number of carbonyl (C=O) groups is 1. The van der Waals surface area contributed by atoms with Crippen molar-refractivity contribution in [2.45, 2.75) is 115 Å². The number of fused-ring (bicyclic) bond motifs is 1. The Balaban J connectivity index is 1.34. The third kappa shape index (κ3) is 5.07. The number of ether oxygens (including phenoxy) is 1. The molecule has 2 aromatic rings. The van der Waals surface area contributed by atoms with E-state index in [2.05, 4.69) is 32.2 Å². The van der Waals surface area contributed by atoms with Gasteiger partial charge in [0.05, 0.1) is 18.2 Å².